The fraction of sp³-hybridized carbons (Fsp3) is 0.857. The Hall–Kier alpha value is -0.630. The molecule has 0 amide bonds. The predicted molar refractivity (Wildman–Crippen MR) is 45.4 cm³/mol. The molecule has 0 spiro atoms. The third kappa shape index (κ3) is 4.61. The second kappa shape index (κ2) is 5.45. The molecule has 0 aliphatic heterocycles. The van der Waals surface area contributed by atoms with Crippen molar-refractivity contribution < 1.29 is 30.6 Å². The molecule has 1 unspecified atom stereocenters. The van der Waals surface area contributed by atoms with Gasteiger partial charge in [-0.25, -0.2) is 0 Å². The molecular formula is C7H11F3O4S. The van der Waals surface area contributed by atoms with Crippen LogP contribution in [0.15, 0.2) is 0 Å². The van der Waals surface area contributed by atoms with Gasteiger partial charge < -0.3 is 4.79 Å². The average Bonchev–Trinajstić information content (AvgIpc) is 2.10. The van der Waals surface area contributed by atoms with E-state index in [2.05, 4.69) is 4.18 Å². The van der Waals surface area contributed by atoms with Crippen LogP contribution in [0, 0.1) is 5.92 Å². The van der Waals surface area contributed by atoms with E-state index < -0.39 is 28.2 Å². The van der Waals surface area contributed by atoms with Crippen LogP contribution in [0.4, 0.5) is 13.2 Å². The Kier molecular flexibility index (Phi) is 5.22. The summed E-state index contributed by atoms with van der Waals surface area (Å²) in [5, 5.41) is 0. The van der Waals surface area contributed by atoms with Crippen LogP contribution >= 0.6 is 0 Å². The van der Waals surface area contributed by atoms with Gasteiger partial charge in [0.2, 0.25) is 0 Å². The molecule has 1 atom stereocenters. The summed E-state index contributed by atoms with van der Waals surface area (Å²) < 4.78 is 59.9. The van der Waals surface area contributed by atoms with Gasteiger partial charge >= 0.3 is 15.6 Å². The molecule has 0 aliphatic rings. The topological polar surface area (TPSA) is 60.4 Å². The molecule has 0 saturated carbocycles. The molecule has 0 saturated heterocycles. The van der Waals surface area contributed by atoms with Crippen LogP contribution in [-0.2, 0) is 19.1 Å². The quantitative estimate of drug-likeness (QED) is 0.405. The largest absolute Gasteiger partial charge is 0.523 e. The fourth-order valence-electron chi connectivity index (χ4n) is 0.805. The van der Waals surface area contributed by atoms with E-state index in [0.717, 1.165) is 0 Å². The smallest absolute Gasteiger partial charge is 0.303 e. The van der Waals surface area contributed by atoms with Crippen molar-refractivity contribution >= 4 is 16.4 Å². The maximum Gasteiger partial charge on any atom is 0.523 e. The summed E-state index contributed by atoms with van der Waals surface area (Å²) in [4.78, 5) is 10.3. The lowest BCUT2D eigenvalue weighted by Gasteiger charge is -2.11. The van der Waals surface area contributed by atoms with E-state index in [1.54, 1.807) is 6.92 Å². The summed E-state index contributed by atoms with van der Waals surface area (Å²) in [6, 6.07) is 0. The van der Waals surface area contributed by atoms with E-state index in [1.165, 1.54) is 0 Å². The minimum Gasteiger partial charge on any atom is -0.303 e. The van der Waals surface area contributed by atoms with Crippen molar-refractivity contribution in [2.75, 3.05) is 6.61 Å². The third-order valence-corrected chi connectivity index (χ3v) is 2.59. The van der Waals surface area contributed by atoms with Crippen LogP contribution in [0.2, 0.25) is 0 Å². The molecule has 0 radical (unpaired) electrons. The number of carbonyl (C=O) groups is 1. The lowest BCUT2D eigenvalue weighted by Crippen LogP contribution is -2.28. The first-order chi connectivity index (χ1) is 6.74. The van der Waals surface area contributed by atoms with E-state index in [9.17, 15) is 26.4 Å². The Labute approximate surface area is 85.5 Å². The molecule has 0 aliphatic carbocycles. The zero-order valence-corrected chi connectivity index (χ0v) is 8.77. The van der Waals surface area contributed by atoms with Crippen molar-refractivity contribution in [3.8, 4) is 0 Å². The first kappa shape index (κ1) is 14.4. The van der Waals surface area contributed by atoms with Gasteiger partial charge in [0.25, 0.3) is 0 Å². The van der Waals surface area contributed by atoms with Gasteiger partial charge in [-0.2, -0.15) is 21.6 Å². The molecule has 15 heavy (non-hydrogen) atoms. The Morgan fingerprint density at radius 1 is 1.40 bits per heavy atom. The summed E-state index contributed by atoms with van der Waals surface area (Å²) in [5.74, 6) is -0.827. The molecule has 0 fully saturated rings. The van der Waals surface area contributed by atoms with Gasteiger partial charge in [-0.05, 0) is 6.42 Å². The highest BCUT2D eigenvalue weighted by Crippen LogP contribution is 2.25. The first-order valence-corrected chi connectivity index (χ1v) is 5.56. The molecule has 0 aromatic carbocycles. The highest BCUT2D eigenvalue weighted by molar-refractivity contribution is 7.87. The van der Waals surface area contributed by atoms with E-state index in [0.29, 0.717) is 12.7 Å². The Morgan fingerprint density at radius 3 is 2.27 bits per heavy atom. The highest BCUT2D eigenvalue weighted by Gasteiger charge is 2.47. The number of alkyl halides is 3. The van der Waals surface area contributed by atoms with Crippen molar-refractivity contribution in [1.29, 1.82) is 0 Å². The van der Waals surface area contributed by atoms with Gasteiger partial charge in [0.15, 0.2) is 0 Å². The SMILES string of the molecule is CCCC(C=O)COS(=O)(=O)C(F)(F)F. The van der Waals surface area contributed by atoms with Gasteiger partial charge in [-0.15, -0.1) is 0 Å². The lowest BCUT2D eigenvalue weighted by atomic mass is 10.1. The third-order valence-electron chi connectivity index (χ3n) is 1.57. The fourth-order valence-corrected chi connectivity index (χ4v) is 1.29. The first-order valence-electron chi connectivity index (χ1n) is 4.15. The molecule has 0 bridgehead atoms. The summed E-state index contributed by atoms with van der Waals surface area (Å²) in [6.07, 6.45) is 1.23. The number of halogens is 3. The van der Waals surface area contributed by atoms with Crippen LogP contribution in [0.5, 0.6) is 0 Å². The van der Waals surface area contributed by atoms with Crippen LogP contribution in [-0.4, -0.2) is 26.8 Å². The summed E-state index contributed by atoms with van der Waals surface area (Å²) in [6.45, 7) is 0.952. The van der Waals surface area contributed by atoms with E-state index in [1.807, 2.05) is 0 Å². The van der Waals surface area contributed by atoms with Crippen LogP contribution in [0.25, 0.3) is 0 Å². The number of hydrogen-bond acceptors (Lipinski definition) is 4. The Bertz CT molecular complexity index is 296. The zero-order chi connectivity index (χ0) is 12.1. The maximum atomic E-state index is 11.8. The summed E-state index contributed by atoms with van der Waals surface area (Å²) in [7, 11) is -5.58. The van der Waals surface area contributed by atoms with Gasteiger partial charge in [0, 0.05) is 5.92 Å². The predicted octanol–water partition coefficient (Wildman–Crippen LogP) is 1.47. The van der Waals surface area contributed by atoms with Gasteiger partial charge in [-0.3, -0.25) is 4.18 Å². The maximum absolute atomic E-state index is 11.8. The van der Waals surface area contributed by atoms with E-state index in [4.69, 9.17) is 0 Å². The van der Waals surface area contributed by atoms with E-state index in [-0.39, 0.29) is 6.42 Å². The second-order valence-corrected chi connectivity index (χ2v) is 4.48. The van der Waals surface area contributed by atoms with Crippen molar-refractivity contribution in [3.05, 3.63) is 0 Å². The minimum atomic E-state index is -5.58. The van der Waals surface area contributed by atoms with E-state index >= 15 is 0 Å². The van der Waals surface area contributed by atoms with Crippen LogP contribution in [0.3, 0.4) is 0 Å². The lowest BCUT2D eigenvalue weighted by molar-refractivity contribution is -0.112. The average molecular weight is 248 g/mol. The summed E-state index contributed by atoms with van der Waals surface area (Å²) >= 11 is 0. The molecule has 0 aromatic rings. The van der Waals surface area contributed by atoms with Crippen LogP contribution < -0.4 is 0 Å². The Morgan fingerprint density at radius 2 is 1.93 bits per heavy atom. The van der Waals surface area contributed by atoms with Crippen molar-refractivity contribution in [2.45, 2.75) is 25.3 Å². The molecule has 0 aromatic heterocycles. The summed E-state index contributed by atoms with van der Waals surface area (Å²) in [5.41, 5.74) is -5.44. The monoisotopic (exact) mass is 248 g/mol. The Balaban J connectivity index is 4.32. The highest BCUT2D eigenvalue weighted by atomic mass is 32.2. The molecule has 0 rings (SSSR count). The van der Waals surface area contributed by atoms with Gasteiger partial charge in [0.1, 0.15) is 6.29 Å². The molecule has 4 nitrogen and oxygen atoms in total. The van der Waals surface area contributed by atoms with Gasteiger partial charge in [0.05, 0.1) is 6.61 Å². The standard InChI is InChI=1S/C7H11F3O4S/c1-2-3-6(4-11)5-14-15(12,13)7(8,9)10/h4,6H,2-3,5H2,1H3. The van der Waals surface area contributed by atoms with Crippen molar-refractivity contribution in [2.24, 2.45) is 5.92 Å². The second-order valence-electron chi connectivity index (χ2n) is 2.87. The number of carbonyl (C=O) groups excluding carboxylic acids is 1. The van der Waals surface area contributed by atoms with Gasteiger partial charge in [-0.1, -0.05) is 13.3 Å². The minimum absolute atomic E-state index is 0.289. The number of rotatable bonds is 6. The van der Waals surface area contributed by atoms with Crippen molar-refractivity contribution in [1.82, 2.24) is 0 Å². The van der Waals surface area contributed by atoms with Crippen molar-refractivity contribution in [3.63, 3.8) is 0 Å². The van der Waals surface area contributed by atoms with Crippen LogP contribution in [0.1, 0.15) is 19.8 Å². The molecule has 8 heteroatoms. The number of aldehydes is 1. The normalized spacial score (nSPS) is 14.9. The number of hydrogen-bond donors (Lipinski definition) is 0. The molecule has 0 N–H and O–H groups in total. The molecule has 0 heterocycles. The molecule has 90 valence electrons. The molecular weight excluding hydrogens is 237 g/mol. The zero-order valence-electron chi connectivity index (χ0n) is 7.95.